The van der Waals surface area contributed by atoms with Gasteiger partial charge in [-0.3, -0.25) is 4.79 Å². The molecule has 0 aromatic heterocycles. The molecule has 2 aliphatic heterocycles. The Morgan fingerprint density at radius 1 is 1.10 bits per heavy atom. The smallest absolute Gasteiger partial charge is 0.223 e. The Balaban J connectivity index is 1.36. The molecule has 1 aromatic carbocycles. The molecule has 2 saturated heterocycles. The first-order chi connectivity index (χ1) is 14.7. The Labute approximate surface area is 195 Å². The lowest BCUT2D eigenvalue weighted by Gasteiger charge is -2.35. The number of rotatable bonds is 8. The zero-order valence-electron chi connectivity index (χ0n) is 18.7. The zero-order chi connectivity index (χ0) is 22.4. The maximum absolute atomic E-state index is 12.7. The Kier molecular flexibility index (Phi) is 8.96. The van der Waals surface area contributed by atoms with Crippen molar-refractivity contribution >= 4 is 31.9 Å². The lowest BCUT2D eigenvalue weighted by atomic mass is 9.92. The summed E-state index contributed by atoms with van der Waals surface area (Å²) < 4.78 is 27.9. The average molecular weight is 515 g/mol. The number of sulfonamides is 1. The number of piperidine rings is 2. The van der Waals surface area contributed by atoms with E-state index < -0.39 is 10.0 Å². The molecule has 1 amide bonds. The molecular weight excluding hydrogens is 478 g/mol. The van der Waals surface area contributed by atoms with Crippen LogP contribution in [0.3, 0.4) is 0 Å². The molecular formula is C23H36BrN3O3S. The van der Waals surface area contributed by atoms with Crippen LogP contribution in [0.25, 0.3) is 0 Å². The summed E-state index contributed by atoms with van der Waals surface area (Å²) in [5.41, 5.74) is 0.778. The maximum atomic E-state index is 12.7. The van der Waals surface area contributed by atoms with Gasteiger partial charge in [-0.1, -0.05) is 41.9 Å². The summed E-state index contributed by atoms with van der Waals surface area (Å²) in [4.78, 5) is 15.0. The number of halogens is 1. The summed E-state index contributed by atoms with van der Waals surface area (Å²) in [5, 5.41) is 3.08. The summed E-state index contributed by atoms with van der Waals surface area (Å²) in [7, 11) is -3.36. The lowest BCUT2D eigenvalue weighted by Crippen LogP contribution is -2.44. The fourth-order valence-electron chi connectivity index (χ4n) is 4.91. The third-order valence-electron chi connectivity index (χ3n) is 6.38. The second-order valence-electron chi connectivity index (χ2n) is 9.41. The number of hydrogen-bond donors (Lipinski definition) is 1. The first-order valence-electron chi connectivity index (χ1n) is 11.5. The lowest BCUT2D eigenvalue weighted by molar-refractivity contribution is -0.126. The molecule has 0 radical (unpaired) electrons. The largest absolute Gasteiger partial charge is 0.356 e. The van der Waals surface area contributed by atoms with E-state index in [9.17, 15) is 13.2 Å². The van der Waals surface area contributed by atoms with Crippen molar-refractivity contribution in [3.8, 4) is 0 Å². The van der Waals surface area contributed by atoms with E-state index in [4.69, 9.17) is 0 Å². The van der Waals surface area contributed by atoms with Crippen LogP contribution in [0.4, 0.5) is 0 Å². The van der Waals surface area contributed by atoms with Crippen LogP contribution in [0, 0.1) is 17.8 Å². The van der Waals surface area contributed by atoms with Gasteiger partial charge in [-0.15, -0.1) is 0 Å². The average Bonchev–Trinajstić information content (AvgIpc) is 2.72. The van der Waals surface area contributed by atoms with Crippen molar-refractivity contribution in [3.05, 3.63) is 34.3 Å². The molecule has 3 rings (SSSR count). The van der Waals surface area contributed by atoms with E-state index in [1.165, 1.54) is 10.7 Å². The van der Waals surface area contributed by atoms with E-state index in [0.717, 1.165) is 47.9 Å². The van der Waals surface area contributed by atoms with Crippen molar-refractivity contribution in [2.24, 2.45) is 17.8 Å². The highest BCUT2D eigenvalue weighted by Gasteiger charge is 2.31. The molecule has 6 nitrogen and oxygen atoms in total. The minimum atomic E-state index is -3.36. The Hall–Kier alpha value is -0.960. The highest BCUT2D eigenvalue weighted by molar-refractivity contribution is 9.10. The number of carbonyl (C=O) groups excluding carboxylic acids is 1. The molecule has 0 bridgehead atoms. The van der Waals surface area contributed by atoms with E-state index in [1.807, 2.05) is 24.3 Å². The topological polar surface area (TPSA) is 69.7 Å². The molecule has 2 heterocycles. The monoisotopic (exact) mass is 513 g/mol. The van der Waals surface area contributed by atoms with Gasteiger partial charge in [0.1, 0.15) is 0 Å². The standard InChI is InChI=1S/C23H36BrN3O3S/c1-18-14-19(2)16-26(15-18)11-3-10-25-23(28)21-8-12-27(13-9-21)31(29,30)17-20-4-6-22(24)7-5-20/h4-7,18-19,21H,3,8-17H2,1-2H3,(H,25,28)/t18-,19-/m1/s1. The molecule has 0 unspecified atom stereocenters. The predicted octanol–water partition coefficient (Wildman–Crippen LogP) is 3.48. The highest BCUT2D eigenvalue weighted by Crippen LogP contribution is 2.23. The SMILES string of the molecule is C[C@@H]1C[C@@H](C)CN(CCCNC(=O)C2CCN(S(=O)(=O)Cc3ccc(Br)cc3)CC2)C1. The fourth-order valence-corrected chi connectivity index (χ4v) is 6.74. The fraction of sp³-hybridized carbons (Fsp3) is 0.696. The van der Waals surface area contributed by atoms with Crippen LogP contribution in [-0.2, 0) is 20.6 Å². The second-order valence-corrected chi connectivity index (χ2v) is 12.3. The van der Waals surface area contributed by atoms with Crippen molar-refractivity contribution in [3.63, 3.8) is 0 Å². The minimum Gasteiger partial charge on any atom is -0.356 e. The summed E-state index contributed by atoms with van der Waals surface area (Å²) in [6.07, 6.45) is 3.45. The van der Waals surface area contributed by atoms with Gasteiger partial charge in [-0.05, 0) is 61.8 Å². The van der Waals surface area contributed by atoms with E-state index in [1.54, 1.807) is 0 Å². The number of nitrogens with one attached hydrogen (secondary N) is 1. The number of likely N-dealkylation sites (tertiary alicyclic amines) is 1. The third kappa shape index (κ3) is 7.55. The third-order valence-corrected chi connectivity index (χ3v) is 8.75. The highest BCUT2D eigenvalue weighted by atomic mass is 79.9. The van der Waals surface area contributed by atoms with Crippen molar-refractivity contribution in [2.75, 3.05) is 39.3 Å². The predicted molar refractivity (Wildman–Crippen MR) is 128 cm³/mol. The molecule has 1 aromatic rings. The molecule has 31 heavy (non-hydrogen) atoms. The van der Waals surface area contributed by atoms with Crippen LogP contribution < -0.4 is 5.32 Å². The summed E-state index contributed by atoms with van der Waals surface area (Å²) >= 11 is 3.37. The van der Waals surface area contributed by atoms with Crippen LogP contribution in [0.1, 0.15) is 45.1 Å². The summed E-state index contributed by atoms with van der Waals surface area (Å²) in [5.74, 6) is 1.50. The van der Waals surface area contributed by atoms with Gasteiger partial charge >= 0.3 is 0 Å². The Bertz CT molecular complexity index is 813. The first-order valence-corrected chi connectivity index (χ1v) is 13.9. The normalized spacial score (nSPS) is 24.2. The van der Waals surface area contributed by atoms with Crippen molar-refractivity contribution < 1.29 is 13.2 Å². The minimum absolute atomic E-state index is 0.00484. The molecule has 0 aliphatic carbocycles. The quantitative estimate of drug-likeness (QED) is 0.540. The number of benzene rings is 1. The number of amides is 1. The van der Waals surface area contributed by atoms with E-state index >= 15 is 0 Å². The van der Waals surface area contributed by atoms with Crippen LogP contribution in [0.15, 0.2) is 28.7 Å². The van der Waals surface area contributed by atoms with Crippen molar-refractivity contribution in [2.45, 2.75) is 45.3 Å². The van der Waals surface area contributed by atoms with Gasteiger partial charge in [-0.2, -0.15) is 0 Å². The van der Waals surface area contributed by atoms with E-state index in [2.05, 4.69) is 40.0 Å². The molecule has 2 aliphatic rings. The van der Waals surface area contributed by atoms with Crippen LogP contribution in [0.2, 0.25) is 0 Å². The molecule has 2 atom stereocenters. The molecule has 174 valence electrons. The van der Waals surface area contributed by atoms with E-state index in [0.29, 0.717) is 32.5 Å². The number of hydrogen-bond acceptors (Lipinski definition) is 4. The molecule has 8 heteroatoms. The first kappa shape index (κ1) is 24.7. The molecule has 0 saturated carbocycles. The Morgan fingerprint density at radius 3 is 2.32 bits per heavy atom. The summed E-state index contributed by atoms with van der Waals surface area (Å²) in [6.45, 7) is 9.51. The van der Waals surface area contributed by atoms with Crippen molar-refractivity contribution in [1.29, 1.82) is 0 Å². The summed E-state index contributed by atoms with van der Waals surface area (Å²) in [6, 6.07) is 7.36. The van der Waals surface area contributed by atoms with Gasteiger partial charge in [0.05, 0.1) is 5.75 Å². The van der Waals surface area contributed by atoms with Gasteiger partial charge in [0.2, 0.25) is 15.9 Å². The molecule has 1 N–H and O–H groups in total. The number of nitrogens with zero attached hydrogens (tertiary/aromatic N) is 2. The van der Waals surface area contributed by atoms with E-state index in [-0.39, 0.29) is 17.6 Å². The van der Waals surface area contributed by atoms with Gasteiger partial charge < -0.3 is 10.2 Å². The van der Waals surface area contributed by atoms with Gasteiger partial charge in [0.25, 0.3) is 0 Å². The maximum Gasteiger partial charge on any atom is 0.223 e. The van der Waals surface area contributed by atoms with Gasteiger partial charge in [0, 0.05) is 43.1 Å². The van der Waals surface area contributed by atoms with Gasteiger partial charge in [0.15, 0.2) is 0 Å². The van der Waals surface area contributed by atoms with Crippen LogP contribution in [-0.4, -0.2) is 62.8 Å². The zero-order valence-corrected chi connectivity index (χ0v) is 21.1. The van der Waals surface area contributed by atoms with Crippen LogP contribution in [0.5, 0.6) is 0 Å². The van der Waals surface area contributed by atoms with Crippen LogP contribution >= 0.6 is 15.9 Å². The Morgan fingerprint density at radius 2 is 1.71 bits per heavy atom. The molecule has 0 spiro atoms. The van der Waals surface area contributed by atoms with Crippen molar-refractivity contribution in [1.82, 2.24) is 14.5 Å². The second kappa shape index (κ2) is 11.3. The van der Waals surface area contributed by atoms with Gasteiger partial charge in [-0.25, -0.2) is 12.7 Å². The number of carbonyl (C=O) groups is 1. The molecule has 2 fully saturated rings.